The van der Waals surface area contributed by atoms with Crippen LogP contribution in [0.25, 0.3) is 10.2 Å². The number of benzene rings is 1. The number of para-hydroxylation sites is 1. The third-order valence-electron chi connectivity index (χ3n) is 2.57. The molecule has 2 heteroatoms. The Morgan fingerprint density at radius 1 is 1.20 bits per heavy atom. The van der Waals surface area contributed by atoms with Crippen LogP contribution in [0.1, 0.15) is 32.7 Å². The van der Waals surface area contributed by atoms with Crippen molar-refractivity contribution in [2.75, 3.05) is 0 Å². The molecule has 1 aromatic heterocycles. The van der Waals surface area contributed by atoms with E-state index in [9.17, 15) is 0 Å². The van der Waals surface area contributed by atoms with Crippen LogP contribution in [-0.2, 0) is 12.0 Å². The number of fused-ring (bicyclic) bond motifs is 1. The lowest BCUT2D eigenvalue weighted by atomic mass is 9.98. The van der Waals surface area contributed by atoms with Crippen molar-refractivity contribution < 1.29 is 4.57 Å². The van der Waals surface area contributed by atoms with Crippen LogP contribution >= 0.6 is 11.3 Å². The number of rotatable bonds is 1. The molecule has 0 saturated carbocycles. The molecule has 1 heterocycles. The van der Waals surface area contributed by atoms with E-state index in [0.717, 1.165) is 6.54 Å². The van der Waals surface area contributed by atoms with E-state index >= 15 is 0 Å². The molecule has 1 aromatic carbocycles. The van der Waals surface area contributed by atoms with Crippen LogP contribution in [-0.4, -0.2) is 0 Å². The Morgan fingerprint density at radius 3 is 2.47 bits per heavy atom. The second-order valence-electron chi connectivity index (χ2n) is 4.87. The Balaban J connectivity index is 2.75. The van der Waals surface area contributed by atoms with E-state index < -0.39 is 0 Å². The molecule has 0 bridgehead atoms. The maximum absolute atomic E-state index is 2.43. The molecule has 0 amide bonds. The monoisotopic (exact) mass is 220 g/mol. The van der Waals surface area contributed by atoms with Gasteiger partial charge in [-0.3, -0.25) is 0 Å². The first-order chi connectivity index (χ1) is 7.04. The molecule has 80 valence electrons. The summed E-state index contributed by atoms with van der Waals surface area (Å²) >= 11 is 1.92. The molecule has 0 aliphatic carbocycles. The van der Waals surface area contributed by atoms with Crippen molar-refractivity contribution in [3.8, 4) is 0 Å². The van der Waals surface area contributed by atoms with Gasteiger partial charge in [0.05, 0.1) is 5.41 Å². The molecule has 0 atom stereocenters. The Kier molecular flexibility index (Phi) is 2.55. The summed E-state index contributed by atoms with van der Waals surface area (Å²) in [6.45, 7) is 10.1. The number of hydrogen-bond donors (Lipinski definition) is 0. The van der Waals surface area contributed by atoms with Gasteiger partial charge in [0, 0.05) is 6.07 Å². The summed E-state index contributed by atoms with van der Waals surface area (Å²) in [5, 5.41) is 1.46. The summed E-state index contributed by atoms with van der Waals surface area (Å²) in [7, 11) is 0. The highest BCUT2D eigenvalue weighted by atomic mass is 32.1. The van der Waals surface area contributed by atoms with E-state index in [0.29, 0.717) is 0 Å². The molecule has 0 unspecified atom stereocenters. The van der Waals surface area contributed by atoms with Gasteiger partial charge in [0.2, 0.25) is 10.5 Å². The molecule has 0 spiro atoms. The normalized spacial score (nSPS) is 12.3. The lowest BCUT2D eigenvalue weighted by Crippen LogP contribution is -2.39. The quantitative estimate of drug-likeness (QED) is 0.648. The molecular weight excluding hydrogens is 202 g/mol. The standard InChI is InChI=1S/C13H18NS/c1-5-14-10-8-6-7-9-11(10)15-12(14)13(2,3)4/h6-9H,5H2,1-4H3/q+1. The molecule has 0 radical (unpaired) electrons. The van der Waals surface area contributed by atoms with Crippen LogP contribution in [0.5, 0.6) is 0 Å². The Bertz CT molecular complexity index is 477. The zero-order valence-electron chi connectivity index (χ0n) is 9.87. The van der Waals surface area contributed by atoms with Gasteiger partial charge >= 0.3 is 0 Å². The van der Waals surface area contributed by atoms with Gasteiger partial charge < -0.3 is 0 Å². The summed E-state index contributed by atoms with van der Waals surface area (Å²) in [6, 6.07) is 8.66. The Hall–Kier alpha value is -0.890. The first-order valence-electron chi connectivity index (χ1n) is 5.46. The third kappa shape index (κ3) is 1.78. The minimum Gasteiger partial charge on any atom is -0.186 e. The van der Waals surface area contributed by atoms with E-state index in [-0.39, 0.29) is 5.41 Å². The summed E-state index contributed by atoms with van der Waals surface area (Å²) < 4.78 is 3.82. The van der Waals surface area contributed by atoms with Crippen molar-refractivity contribution in [3.63, 3.8) is 0 Å². The van der Waals surface area contributed by atoms with Crippen LogP contribution < -0.4 is 4.57 Å². The summed E-state index contributed by atoms with van der Waals surface area (Å²) in [6.07, 6.45) is 0. The fourth-order valence-electron chi connectivity index (χ4n) is 1.91. The topological polar surface area (TPSA) is 3.88 Å². The zero-order valence-corrected chi connectivity index (χ0v) is 10.7. The van der Waals surface area contributed by atoms with Gasteiger partial charge in [-0.2, -0.15) is 4.57 Å². The van der Waals surface area contributed by atoms with Crippen molar-refractivity contribution in [3.05, 3.63) is 29.3 Å². The van der Waals surface area contributed by atoms with E-state index in [1.165, 1.54) is 15.2 Å². The lowest BCUT2D eigenvalue weighted by Gasteiger charge is -2.11. The molecule has 0 aliphatic rings. The highest BCUT2D eigenvalue weighted by Gasteiger charge is 2.29. The van der Waals surface area contributed by atoms with Gasteiger partial charge in [0.1, 0.15) is 11.2 Å². The molecule has 0 aliphatic heterocycles. The molecular formula is C13H18NS+. The molecule has 2 rings (SSSR count). The molecule has 0 fully saturated rings. The Morgan fingerprint density at radius 2 is 1.87 bits per heavy atom. The maximum atomic E-state index is 2.43. The average Bonchev–Trinajstić information content (AvgIpc) is 2.55. The Labute approximate surface area is 95.4 Å². The largest absolute Gasteiger partial charge is 0.243 e. The van der Waals surface area contributed by atoms with Crippen molar-refractivity contribution in [2.45, 2.75) is 39.7 Å². The van der Waals surface area contributed by atoms with Gasteiger partial charge in [-0.25, -0.2) is 0 Å². The van der Waals surface area contributed by atoms with Gasteiger partial charge in [0.15, 0.2) is 0 Å². The number of nitrogens with zero attached hydrogens (tertiary/aromatic N) is 1. The maximum Gasteiger partial charge on any atom is 0.243 e. The summed E-state index contributed by atoms with van der Waals surface area (Å²) in [5.41, 5.74) is 1.61. The van der Waals surface area contributed by atoms with Crippen molar-refractivity contribution >= 4 is 21.6 Å². The number of aromatic nitrogens is 1. The number of thiazole rings is 1. The predicted molar refractivity (Wildman–Crippen MR) is 66.4 cm³/mol. The van der Waals surface area contributed by atoms with Crippen LogP contribution in [0.2, 0.25) is 0 Å². The van der Waals surface area contributed by atoms with Gasteiger partial charge in [-0.1, -0.05) is 23.5 Å². The molecule has 0 saturated heterocycles. The first-order valence-corrected chi connectivity index (χ1v) is 6.27. The fourth-order valence-corrected chi connectivity index (χ4v) is 3.19. The molecule has 2 aromatic rings. The number of hydrogen-bond acceptors (Lipinski definition) is 1. The first kappa shape index (κ1) is 10.6. The van der Waals surface area contributed by atoms with Gasteiger partial charge in [0.25, 0.3) is 0 Å². The predicted octanol–water partition coefficient (Wildman–Crippen LogP) is 3.51. The van der Waals surface area contributed by atoms with E-state index in [1.807, 2.05) is 11.3 Å². The SMILES string of the molecule is CC[n+]1c(C(C)(C)C)sc2ccccc21. The van der Waals surface area contributed by atoms with Crippen LogP contribution in [0.3, 0.4) is 0 Å². The van der Waals surface area contributed by atoms with E-state index in [4.69, 9.17) is 0 Å². The van der Waals surface area contributed by atoms with Crippen molar-refractivity contribution in [1.29, 1.82) is 0 Å². The molecule has 15 heavy (non-hydrogen) atoms. The van der Waals surface area contributed by atoms with E-state index in [2.05, 4.69) is 56.5 Å². The fraction of sp³-hybridized carbons (Fsp3) is 0.462. The number of aryl methyl sites for hydroxylation is 1. The average molecular weight is 220 g/mol. The van der Waals surface area contributed by atoms with E-state index in [1.54, 1.807) is 0 Å². The second-order valence-corrected chi connectivity index (χ2v) is 5.90. The van der Waals surface area contributed by atoms with Crippen LogP contribution in [0.4, 0.5) is 0 Å². The second kappa shape index (κ2) is 3.60. The van der Waals surface area contributed by atoms with Crippen LogP contribution in [0, 0.1) is 0 Å². The smallest absolute Gasteiger partial charge is 0.186 e. The minimum absolute atomic E-state index is 0.236. The van der Waals surface area contributed by atoms with Gasteiger partial charge in [-0.05, 0) is 33.8 Å². The molecule has 0 N–H and O–H groups in total. The summed E-state index contributed by atoms with van der Waals surface area (Å²) in [4.78, 5) is 0. The van der Waals surface area contributed by atoms with Crippen LogP contribution in [0.15, 0.2) is 24.3 Å². The van der Waals surface area contributed by atoms with Crippen molar-refractivity contribution in [2.24, 2.45) is 0 Å². The molecule has 1 nitrogen and oxygen atoms in total. The minimum atomic E-state index is 0.236. The van der Waals surface area contributed by atoms with Gasteiger partial charge in [-0.15, -0.1) is 0 Å². The lowest BCUT2D eigenvalue weighted by molar-refractivity contribution is -0.673. The van der Waals surface area contributed by atoms with Crippen molar-refractivity contribution in [1.82, 2.24) is 0 Å². The zero-order chi connectivity index (χ0) is 11.1. The highest BCUT2D eigenvalue weighted by Crippen LogP contribution is 2.29. The summed E-state index contributed by atoms with van der Waals surface area (Å²) in [5.74, 6) is 0. The third-order valence-corrected chi connectivity index (χ3v) is 4.16. The highest BCUT2D eigenvalue weighted by molar-refractivity contribution is 7.18.